The van der Waals surface area contributed by atoms with E-state index >= 15 is 0 Å². The monoisotopic (exact) mass is 549 g/mol. The van der Waals surface area contributed by atoms with Crippen molar-refractivity contribution in [1.82, 2.24) is 9.97 Å². The van der Waals surface area contributed by atoms with Gasteiger partial charge < -0.3 is 9.84 Å². The fourth-order valence-corrected chi connectivity index (χ4v) is 6.12. The van der Waals surface area contributed by atoms with Crippen molar-refractivity contribution in [3.05, 3.63) is 57.7 Å². The first-order chi connectivity index (χ1) is 17.0. The Hall–Kier alpha value is -3.02. The lowest BCUT2D eigenvalue weighted by molar-refractivity contribution is -0.136. The fraction of sp³-hybridized carbons (Fsp3) is 0.333. The normalized spacial score (nSPS) is 13.6. The third-order valence-corrected chi connectivity index (χ3v) is 8.69. The van der Waals surface area contributed by atoms with Crippen LogP contribution in [-0.4, -0.2) is 40.6 Å². The number of aliphatic carboxylic acids is 1. The number of aromatic nitrogens is 2. The summed E-state index contributed by atoms with van der Waals surface area (Å²) in [6.45, 7) is 4.11. The van der Waals surface area contributed by atoms with Crippen molar-refractivity contribution in [2.24, 2.45) is 5.92 Å². The van der Waals surface area contributed by atoms with Crippen molar-refractivity contribution in [3.63, 3.8) is 0 Å². The third kappa shape index (κ3) is 6.40. The molecule has 9 nitrogen and oxygen atoms in total. The molecule has 190 valence electrons. The van der Waals surface area contributed by atoms with E-state index in [9.17, 15) is 18.0 Å². The van der Waals surface area contributed by atoms with Gasteiger partial charge in [-0.05, 0) is 61.1 Å². The molecule has 2 N–H and O–H groups in total. The zero-order chi connectivity index (χ0) is 26.0. The van der Waals surface area contributed by atoms with Gasteiger partial charge in [0, 0.05) is 5.56 Å². The van der Waals surface area contributed by atoms with Crippen LogP contribution in [0.15, 0.2) is 41.6 Å². The van der Waals surface area contributed by atoms with Crippen LogP contribution in [0, 0.1) is 5.92 Å². The number of pyridine rings is 1. The van der Waals surface area contributed by atoms with Gasteiger partial charge in [0.15, 0.2) is 20.0 Å². The second-order valence-corrected chi connectivity index (χ2v) is 12.7. The first kappa shape index (κ1) is 26.1. The number of hydrogen-bond acceptors (Lipinski definition) is 8. The highest BCUT2D eigenvalue weighted by Crippen LogP contribution is 2.34. The third-order valence-electron chi connectivity index (χ3n) is 5.26. The highest BCUT2D eigenvalue weighted by atomic mass is 35.5. The van der Waals surface area contributed by atoms with Crippen molar-refractivity contribution in [1.29, 1.82) is 0 Å². The van der Waals surface area contributed by atoms with Crippen molar-refractivity contribution in [3.8, 4) is 11.5 Å². The van der Waals surface area contributed by atoms with Crippen LogP contribution < -0.4 is 10.1 Å². The number of anilines is 1. The van der Waals surface area contributed by atoms with Crippen LogP contribution in [0.5, 0.6) is 11.5 Å². The SMILES string of the molecule is CC(C)Cc1cc(Oc2ccc(S(=O)(=O)C3CC3)nc2)cc(C(=O)Nc2nc(CC(=O)O)c(Cl)s2)c1. The van der Waals surface area contributed by atoms with Crippen molar-refractivity contribution < 1.29 is 27.9 Å². The van der Waals surface area contributed by atoms with Crippen molar-refractivity contribution >= 4 is 49.8 Å². The lowest BCUT2D eigenvalue weighted by Gasteiger charge is -2.12. The van der Waals surface area contributed by atoms with E-state index in [-0.39, 0.29) is 31.9 Å². The first-order valence-electron chi connectivity index (χ1n) is 11.2. The molecule has 2 aromatic heterocycles. The molecule has 4 rings (SSSR count). The molecule has 0 aliphatic heterocycles. The summed E-state index contributed by atoms with van der Waals surface area (Å²) in [5.74, 6) is -0.483. The van der Waals surface area contributed by atoms with E-state index < -0.39 is 21.7 Å². The summed E-state index contributed by atoms with van der Waals surface area (Å²) >= 11 is 7.04. The highest BCUT2D eigenvalue weighted by Gasteiger charge is 2.37. The summed E-state index contributed by atoms with van der Waals surface area (Å²) in [4.78, 5) is 32.1. The van der Waals surface area contributed by atoms with E-state index in [1.807, 2.05) is 6.07 Å². The van der Waals surface area contributed by atoms with Crippen LogP contribution in [-0.2, 0) is 27.5 Å². The summed E-state index contributed by atoms with van der Waals surface area (Å²) in [6, 6.07) is 8.09. The van der Waals surface area contributed by atoms with E-state index in [1.54, 1.807) is 18.2 Å². The molecule has 3 aromatic rings. The van der Waals surface area contributed by atoms with Crippen LogP contribution in [0.3, 0.4) is 0 Å². The number of thiazole rings is 1. The Labute approximate surface area is 217 Å². The summed E-state index contributed by atoms with van der Waals surface area (Å²) in [5.41, 5.74) is 1.37. The number of carbonyl (C=O) groups excluding carboxylic acids is 1. The number of nitrogens with one attached hydrogen (secondary N) is 1. The number of sulfone groups is 1. The average Bonchev–Trinajstić information content (AvgIpc) is 3.59. The molecule has 36 heavy (non-hydrogen) atoms. The summed E-state index contributed by atoms with van der Waals surface area (Å²) < 4.78 is 30.8. The zero-order valence-electron chi connectivity index (χ0n) is 19.5. The van der Waals surface area contributed by atoms with E-state index in [1.165, 1.54) is 12.3 Å². The number of halogens is 1. The Morgan fingerprint density at radius 3 is 2.58 bits per heavy atom. The molecule has 0 radical (unpaired) electrons. The number of benzene rings is 1. The number of hydrogen-bond donors (Lipinski definition) is 2. The number of ether oxygens (including phenoxy) is 1. The summed E-state index contributed by atoms with van der Waals surface area (Å²) in [5, 5.41) is 11.5. The molecule has 1 aliphatic carbocycles. The van der Waals surface area contributed by atoms with Gasteiger partial charge in [-0.15, -0.1) is 0 Å². The Morgan fingerprint density at radius 1 is 1.22 bits per heavy atom. The maximum Gasteiger partial charge on any atom is 0.309 e. The first-order valence-corrected chi connectivity index (χ1v) is 14.0. The predicted octanol–water partition coefficient (Wildman–Crippen LogP) is 5.00. The molecule has 0 unspecified atom stereocenters. The lowest BCUT2D eigenvalue weighted by Crippen LogP contribution is -2.13. The van der Waals surface area contributed by atoms with Crippen LogP contribution in [0.1, 0.15) is 48.3 Å². The summed E-state index contributed by atoms with van der Waals surface area (Å²) in [6.07, 6.45) is 3.02. The van der Waals surface area contributed by atoms with Gasteiger partial charge in [-0.2, -0.15) is 0 Å². The lowest BCUT2D eigenvalue weighted by atomic mass is 10.0. The summed E-state index contributed by atoms with van der Waals surface area (Å²) in [7, 11) is -3.40. The second-order valence-electron chi connectivity index (χ2n) is 8.91. The van der Waals surface area contributed by atoms with Crippen LogP contribution in [0.4, 0.5) is 5.13 Å². The molecule has 12 heteroatoms. The zero-order valence-corrected chi connectivity index (χ0v) is 21.9. The standard InChI is InChI=1S/C24H24ClN3O6S2/c1-13(2)7-14-8-15(23(31)28-24-27-19(11-21(29)30)22(25)35-24)10-17(9-14)34-16-3-6-20(26-12-16)36(32,33)18-4-5-18/h3,6,8-10,12-13,18H,4-5,7,11H2,1-2H3,(H,29,30)(H,27,28,31). The minimum atomic E-state index is -3.40. The molecule has 0 saturated heterocycles. The molecule has 1 aromatic carbocycles. The topological polar surface area (TPSA) is 136 Å². The minimum Gasteiger partial charge on any atom is -0.481 e. The Balaban J connectivity index is 1.55. The van der Waals surface area contributed by atoms with E-state index in [0.29, 0.717) is 42.2 Å². The van der Waals surface area contributed by atoms with Crippen LogP contribution in [0.25, 0.3) is 0 Å². The molecule has 2 heterocycles. The van der Waals surface area contributed by atoms with Gasteiger partial charge in [0.25, 0.3) is 5.91 Å². The van der Waals surface area contributed by atoms with Crippen molar-refractivity contribution in [2.75, 3.05) is 5.32 Å². The molecule has 1 saturated carbocycles. The Kier molecular flexibility index (Phi) is 7.62. The van der Waals surface area contributed by atoms with E-state index in [0.717, 1.165) is 16.9 Å². The van der Waals surface area contributed by atoms with Gasteiger partial charge in [-0.25, -0.2) is 18.4 Å². The molecule has 0 spiro atoms. The van der Waals surface area contributed by atoms with Crippen LogP contribution >= 0.6 is 22.9 Å². The molecular weight excluding hydrogens is 526 g/mol. The Bertz CT molecular complexity index is 1400. The van der Waals surface area contributed by atoms with Gasteiger partial charge in [0.05, 0.1) is 23.6 Å². The van der Waals surface area contributed by atoms with Crippen molar-refractivity contribution in [2.45, 2.75) is 49.8 Å². The van der Waals surface area contributed by atoms with Gasteiger partial charge in [0.1, 0.15) is 15.8 Å². The molecule has 1 aliphatic rings. The number of amides is 1. The van der Waals surface area contributed by atoms with Gasteiger partial charge in [-0.1, -0.05) is 36.8 Å². The Morgan fingerprint density at radius 2 is 1.97 bits per heavy atom. The number of carboxylic acids is 1. The molecular formula is C24H24ClN3O6S2. The number of carbonyl (C=O) groups is 2. The average molecular weight is 550 g/mol. The smallest absolute Gasteiger partial charge is 0.309 e. The fourth-order valence-electron chi connectivity index (χ4n) is 3.53. The van der Waals surface area contributed by atoms with E-state index in [2.05, 4.69) is 29.1 Å². The van der Waals surface area contributed by atoms with Gasteiger partial charge in [-0.3, -0.25) is 14.9 Å². The van der Waals surface area contributed by atoms with Crippen LogP contribution in [0.2, 0.25) is 4.34 Å². The van der Waals surface area contributed by atoms with Gasteiger partial charge >= 0.3 is 5.97 Å². The number of carboxylic acid groups (broad SMARTS) is 1. The molecule has 0 atom stereocenters. The number of rotatable bonds is 10. The number of nitrogens with zero attached hydrogens (tertiary/aromatic N) is 2. The second kappa shape index (κ2) is 10.5. The predicted molar refractivity (Wildman–Crippen MR) is 136 cm³/mol. The largest absolute Gasteiger partial charge is 0.481 e. The molecule has 1 amide bonds. The van der Waals surface area contributed by atoms with E-state index in [4.69, 9.17) is 21.4 Å². The van der Waals surface area contributed by atoms with Gasteiger partial charge in [0.2, 0.25) is 0 Å². The molecule has 1 fully saturated rings. The molecule has 0 bridgehead atoms. The minimum absolute atomic E-state index is 0.0235. The quantitative estimate of drug-likeness (QED) is 0.360. The highest BCUT2D eigenvalue weighted by molar-refractivity contribution is 7.92. The maximum atomic E-state index is 13.0. The maximum absolute atomic E-state index is 13.0.